The third kappa shape index (κ3) is 7.65. The maximum Gasteiger partial charge on any atom is 0.261 e. The van der Waals surface area contributed by atoms with E-state index in [0.29, 0.717) is 34.4 Å². The molecule has 0 radical (unpaired) electrons. The summed E-state index contributed by atoms with van der Waals surface area (Å²) in [7, 11) is 0. The minimum absolute atomic E-state index is 0.204. The van der Waals surface area contributed by atoms with Crippen molar-refractivity contribution >= 4 is 34.7 Å². The predicted molar refractivity (Wildman–Crippen MR) is 169 cm³/mol. The Bertz CT molecular complexity index is 1370. The number of nitrogens with zero attached hydrogens (tertiary/aromatic N) is 3. The highest BCUT2D eigenvalue weighted by atomic mass is 35.5. The van der Waals surface area contributed by atoms with E-state index >= 15 is 0 Å². The van der Waals surface area contributed by atoms with Crippen LogP contribution in [0.4, 0.5) is 5.69 Å². The highest BCUT2D eigenvalue weighted by molar-refractivity contribution is 6.34. The lowest BCUT2D eigenvalue weighted by molar-refractivity contribution is -0.130. The van der Waals surface area contributed by atoms with Crippen molar-refractivity contribution in [2.24, 2.45) is 0 Å². The standard InChI is InChI=1S/C32H49ClN6O3/c1-10-11-12-13-14-15-20-24(42-23-19-17-16-18-22(23)34-21(2)40)28(41)35-32(8,9)31(6,7)29-37-36-27-25(33)26(30(3,4)5)38-39(27)29/h16-19,24,38H,10-15,20H2,1-9H3,(H,34,40)(H,35,41). The zero-order valence-corrected chi connectivity index (χ0v) is 27.5. The van der Waals surface area contributed by atoms with Gasteiger partial charge in [0.05, 0.1) is 11.4 Å². The highest BCUT2D eigenvalue weighted by Crippen LogP contribution is 2.37. The van der Waals surface area contributed by atoms with Crippen LogP contribution in [-0.2, 0) is 20.4 Å². The Balaban J connectivity index is 1.87. The van der Waals surface area contributed by atoms with Crippen LogP contribution in [0.5, 0.6) is 5.75 Å². The van der Waals surface area contributed by atoms with Crippen molar-refractivity contribution in [2.75, 3.05) is 5.32 Å². The first kappa shape index (κ1) is 33.4. The second-order valence-corrected chi connectivity index (χ2v) is 13.7. The monoisotopic (exact) mass is 600 g/mol. The maximum absolute atomic E-state index is 13.9. The minimum atomic E-state index is -0.758. The number of carbonyl (C=O) groups is 2. The molecule has 2 heterocycles. The topological polar surface area (TPSA) is 113 Å². The second kappa shape index (κ2) is 13.5. The van der Waals surface area contributed by atoms with Crippen molar-refractivity contribution in [2.45, 2.75) is 130 Å². The van der Waals surface area contributed by atoms with Gasteiger partial charge in [-0.05, 0) is 38.8 Å². The molecule has 0 saturated heterocycles. The summed E-state index contributed by atoms with van der Waals surface area (Å²) in [4.78, 5) is 25.7. The van der Waals surface area contributed by atoms with Gasteiger partial charge in [-0.15, -0.1) is 10.2 Å². The van der Waals surface area contributed by atoms with E-state index < -0.39 is 17.1 Å². The predicted octanol–water partition coefficient (Wildman–Crippen LogP) is 7.34. The number of ether oxygens (including phenoxy) is 1. The van der Waals surface area contributed by atoms with Crippen LogP contribution in [0, 0.1) is 0 Å². The molecule has 0 saturated carbocycles. The Morgan fingerprint density at radius 3 is 2.29 bits per heavy atom. The number of H-pyrrole nitrogens is 1. The van der Waals surface area contributed by atoms with Gasteiger partial charge < -0.3 is 15.4 Å². The average Bonchev–Trinajstić information content (AvgIpc) is 3.46. The number of aromatic amines is 1. The first-order chi connectivity index (χ1) is 19.6. The van der Waals surface area contributed by atoms with Gasteiger partial charge in [0.1, 0.15) is 10.8 Å². The molecule has 0 aliphatic carbocycles. The van der Waals surface area contributed by atoms with Gasteiger partial charge in [-0.25, -0.2) is 4.52 Å². The van der Waals surface area contributed by atoms with Crippen molar-refractivity contribution in [3.63, 3.8) is 0 Å². The molecule has 0 aliphatic rings. The van der Waals surface area contributed by atoms with Crippen LogP contribution in [0.25, 0.3) is 5.65 Å². The molecule has 0 spiro atoms. The molecule has 2 amide bonds. The summed E-state index contributed by atoms with van der Waals surface area (Å²) in [5, 5.41) is 18.9. The lowest BCUT2D eigenvalue weighted by Crippen LogP contribution is -2.59. The van der Waals surface area contributed by atoms with E-state index in [1.54, 1.807) is 12.1 Å². The number of hydrogen-bond donors (Lipinski definition) is 3. The van der Waals surface area contributed by atoms with E-state index in [1.807, 2.05) is 44.3 Å². The molecule has 42 heavy (non-hydrogen) atoms. The molecule has 10 heteroatoms. The molecule has 1 atom stereocenters. The van der Waals surface area contributed by atoms with Crippen molar-refractivity contribution in [3.8, 4) is 5.75 Å². The number of rotatable bonds is 14. The van der Waals surface area contributed by atoms with Crippen LogP contribution in [0.15, 0.2) is 24.3 Å². The Kier molecular flexibility index (Phi) is 10.7. The van der Waals surface area contributed by atoms with Gasteiger partial charge in [-0.1, -0.05) is 97.4 Å². The van der Waals surface area contributed by atoms with Gasteiger partial charge in [0.25, 0.3) is 5.91 Å². The highest BCUT2D eigenvalue weighted by Gasteiger charge is 2.45. The number of fused-ring (bicyclic) bond motifs is 1. The first-order valence-corrected chi connectivity index (χ1v) is 15.5. The summed E-state index contributed by atoms with van der Waals surface area (Å²) >= 11 is 6.69. The van der Waals surface area contributed by atoms with Crippen molar-refractivity contribution in [1.29, 1.82) is 0 Å². The quantitative estimate of drug-likeness (QED) is 0.168. The molecule has 3 N–H and O–H groups in total. The summed E-state index contributed by atoms with van der Waals surface area (Å²) in [6.07, 6.45) is 6.41. The van der Waals surface area contributed by atoms with Crippen molar-refractivity contribution in [1.82, 2.24) is 25.1 Å². The lowest BCUT2D eigenvalue weighted by Gasteiger charge is -2.41. The Labute approximate surface area is 255 Å². The third-order valence-corrected chi connectivity index (χ3v) is 8.55. The smallest absolute Gasteiger partial charge is 0.261 e. The molecule has 9 nitrogen and oxygen atoms in total. The molecule has 3 aromatic rings. The van der Waals surface area contributed by atoms with E-state index in [0.717, 1.165) is 25.0 Å². The molecule has 3 rings (SSSR count). The molecule has 232 valence electrons. The number of unbranched alkanes of at least 4 members (excludes halogenated alkanes) is 5. The molecule has 0 aliphatic heterocycles. The van der Waals surface area contributed by atoms with Crippen LogP contribution in [0.2, 0.25) is 5.02 Å². The number of hydrogen-bond acceptors (Lipinski definition) is 5. The molecule has 0 fully saturated rings. The maximum atomic E-state index is 13.9. The summed E-state index contributed by atoms with van der Waals surface area (Å²) in [6, 6.07) is 7.20. The van der Waals surface area contributed by atoms with E-state index in [9.17, 15) is 9.59 Å². The molecule has 1 unspecified atom stereocenters. The van der Waals surface area contributed by atoms with E-state index in [1.165, 1.54) is 26.2 Å². The van der Waals surface area contributed by atoms with Gasteiger partial charge in [-0.3, -0.25) is 14.7 Å². The summed E-state index contributed by atoms with van der Waals surface area (Å²) < 4.78 is 8.15. The van der Waals surface area contributed by atoms with E-state index in [4.69, 9.17) is 16.3 Å². The molecule has 2 aromatic heterocycles. The molecular formula is C32H49ClN6O3. The fourth-order valence-corrected chi connectivity index (χ4v) is 5.35. The zero-order valence-electron chi connectivity index (χ0n) is 26.8. The van der Waals surface area contributed by atoms with Crippen LogP contribution in [0.3, 0.4) is 0 Å². The molecular weight excluding hydrogens is 552 g/mol. The Morgan fingerprint density at radius 2 is 1.64 bits per heavy atom. The van der Waals surface area contributed by atoms with Gasteiger partial charge in [0.2, 0.25) is 5.91 Å². The summed E-state index contributed by atoms with van der Waals surface area (Å²) in [5.41, 5.74) is 0.340. The Morgan fingerprint density at radius 1 is 1.00 bits per heavy atom. The fourth-order valence-electron chi connectivity index (χ4n) is 4.90. The van der Waals surface area contributed by atoms with Crippen LogP contribution >= 0.6 is 11.6 Å². The van der Waals surface area contributed by atoms with Gasteiger partial charge in [0, 0.05) is 23.3 Å². The lowest BCUT2D eigenvalue weighted by atomic mass is 9.73. The average molecular weight is 601 g/mol. The van der Waals surface area contributed by atoms with Gasteiger partial charge >= 0.3 is 0 Å². The van der Waals surface area contributed by atoms with Gasteiger partial charge in [-0.2, -0.15) is 0 Å². The van der Waals surface area contributed by atoms with Crippen molar-refractivity contribution in [3.05, 3.63) is 40.8 Å². The number of aromatic nitrogens is 4. The SMILES string of the molecule is CCCCCCCCC(Oc1ccccc1NC(C)=O)C(=O)NC(C)(C)C(C)(C)c1nnc2c(Cl)c(C(C)(C)C)[nH]n12. The number of nitrogens with one attached hydrogen (secondary N) is 3. The number of amides is 2. The number of carbonyl (C=O) groups excluding carboxylic acids is 2. The zero-order chi connectivity index (χ0) is 31.3. The van der Waals surface area contributed by atoms with E-state index in [2.05, 4.69) is 53.6 Å². The van der Waals surface area contributed by atoms with Crippen LogP contribution < -0.4 is 15.4 Å². The third-order valence-electron chi connectivity index (χ3n) is 8.19. The molecule has 0 bridgehead atoms. The largest absolute Gasteiger partial charge is 0.478 e. The summed E-state index contributed by atoms with van der Waals surface area (Å²) in [6.45, 7) is 17.9. The number of para-hydroxylation sites is 2. The van der Waals surface area contributed by atoms with Gasteiger partial charge in [0.15, 0.2) is 17.6 Å². The fraction of sp³-hybridized carbons (Fsp3) is 0.625. The van der Waals surface area contributed by atoms with Crippen LogP contribution in [-0.4, -0.2) is 43.3 Å². The Hall–Kier alpha value is -3.07. The summed E-state index contributed by atoms with van der Waals surface area (Å²) in [5.74, 6) is 0.694. The van der Waals surface area contributed by atoms with E-state index in [-0.39, 0.29) is 17.2 Å². The number of anilines is 1. The normalized spacial score (nSPS) is 13.3. The van der Waals surface area contributed by atoms with Crippen molar-refractivity contribution < 1.29 is 14.3 Å². The first-order valence-electron chi connectivity index (χ1n) is 15.1. The molecule has 1 aromatic carbocycles. The minimum Gasteiger partial charge on any atom is -0.478 e. The number of halogens is 1. The number of benzene rings is 1. The van der Waals surface area contributed by atoms with Crippen LogP contribution in [0.1, 0.15) is 119 Å². The second-order valence-electron chi connectivity index (χ2n) is 13.3.